The van der Waals surface area contributed by atoms with Crippen molar-refractivity contribution >= 4 is 10.0 Å². The lowest BCUT2D eigenvalue weighted by atomic mass is 9.88. The molecule has 1 unspecified atom stereocenters. The van der Waals surface area contributed by atoms with Gasteiger partial charge in [-0.05, 0) is 62.4 Å². The van der Waals surface area contributed by atoms with E-state index in [2.05, 4.69) is 4.72 Å². The molecule has 1 aliphatic rings. The number of aryl methyl sites for hydroxylation is 3. The van der Waals surface area contributed by atoms with Crippen LogP contribution in [-0.2, 0) is 16.4 Å². The van der Waals surface area contributed by atoms with E-state index in [4.69, 9.17) is 4.42 Å². The van der Waals surface area contributed by atoms with Crippen molar-refractivity contribution in [3.05, 3.63) is 52.7 Å². The zero-order chi connectivity index (χ0) is 15.9. The zero-order valence-corrected chi connectivity index (χ0v) is 13.3. The van der Waals surface area contributed by atoms with E-state index >= 15 is 0 Å². The summed E-state index contributed by atoms with van der Waals surface area (Å²) in [5, 5.41) is 0. The highest BCUT2D eigenvalue weighted by atomic mass is 32.2. The van der Waals surface area contributed by atoms with E-state index in [1.807, 2.05) is 0 Å². The third-order valence-electron chi connectivity index (χ3n) is 4.00. The van der Waals surface area contributed by atoms with E-state index in [1.165, 1.54) is 18.2 Å². The Morgan fingerprint density at radius 1 is 1.27 bits per heavy atom. The molecular formula is C16H18FNO3S. The van der Waals surface area contributed by atoms with E-state index < -0.39 is 10.0 Å². The molecule has 0 bridgehead atoms. The number of halogens is 1. The summed E-state index contributed by atoms with van der Waals surface area (Å²) in [5.74, 6) is 0.646. The molecule has 0 radical (unpaired) electrons. The van der Waals surface area contributed by atoms with Crippen molar-refractivity contribution in [2.24, 2.45) is 0 Å². The molecule has 0 spiro atoms. The van der Waals surface area contributed by atoms with Gasteiger partial charge >= 0.3 is 0 Å². The molecular weight excluding hydrogens is 305 g/mol. The number of benzene rings is 1. The van der Waals surface area contributed by atoms with Gasteiger partial charge in [-0.3, -0.25) is 0 Å². The molecule has 3 rings (SSSR count). The maximum absolute atomic E-state index is 13.3. The van der Waals surface area contributed by atoms with Crippen molar-refractivity contribution in [2.45, 2.75) is 44.0 Å². The maximum Gasteiger partial charge on any atom is 0.244 e. The molecule has 1 heterocycles. The van der Waals surface area contributed by atoms with Gasteiger partial charge in [0.05, 0.1) is 0 Å². The predicted molar refractivity (Wildman–Crippen MR) is 80.6 cm³/mol. The number of fused-ring (bicyclic) bond motifs is 1. The normalized spacial score (nSPS) is 18.2. The average molecular weight is 323 g/mol. The molecule has 0 saturated heterocycles. The van der Waals surface area contributed by atoms with E-state index in [-0.39, 0.29) is 16.8 Å². The SMILES string of the molecule is Cc1cc(S(=O)(=O)NC2CCCc3cc(F)ccc32)c(C)o1. The molecule has 1 N–H and O–H groups in total. The molecule has 2 aromatic rings. The van der Waals surface area contributed by atoms with Crippen molar-refractivity contribution in [1.29, 1.82) is 0 Å². The average Bonchev–Trinajstić information content (AvgIpc) is 2.78. The van der Waals surface area contributed by atoms with Gasteiger partial charge in [0.2, 0.25) is 10.0 Å². The lowest BCUT2D eigenvalue weighted by Crippen LogP contribution is -2.31. The molecule has 1 aliphatic carbocycles. The quantitative estimate of drug-likeness (QED) is 0.942. The Labute approximate surface area is 129 Å². The number of nitrogens with one attached hydrogen (secondary N) is 1. The molecule has 0 fully saturated rings. The van der Waals surface area contributed by atoms with Gasteiger partial charge in [-0.25, -0.2) is 17.5 Å². The number of hydrogen-bond donors (Lipinski definition) is 1. The molecule has 22 heavy (non-hydrogen) atoms. The van der Waals surface area contributed by atoms with Gasteiger partial charge < -0.3 is 4.42 Å². The summed E-state index contributed by atoms with van der Waals surface area (Å²) in [6.07, 6.45) is 2.30. The van der Waals surface area contributed by atoms with Crippen LogP contribution in [0.5, 0.6) is 0 Å². The van der Waals surface area contributed by atoms with Gasteiger partial charge in [0.15, 0.2) is 0 Å². The summed E-state index contributed by atoms with van der Waals surface area (Å²) in [4.78, 5) is 0.166. The van der Waals surface area contributed by atoms with E-state index in [0.717, 1.165) is 24.0 Å². The summed E-state index contributed by atoms with van der Waals surface area (Å²) >= 11 is 0. The van der Waals surface area contributed by atoms with Crippen LogP contribution in [0.15, 0.2) is 33.6 Å². The van der Waals surface area contributed by atoms with E-state index in [9.17, 15) is 12.8 Å². The van der Waals surface area contributed by atoms with Crippen molar-refractivity contribution in [3.8, 4) is 0 Å². The summed E-state index contributed by atoms with van der Waals surface area (Å²) in [7, 11) is -3.66. The van der Waals surface area contributed by atoms with Crippen LogP contribution in [0.3, 0.4) is 0 Å². The molecule has 0 aliphatic heterocycles. The third-order valence-corrected chi connectivity index (χ3v) is 5.58. The Balaban J connectivity index is 1.93. The van der Waals surface area contributed by atoms with Crippen LogP contribution in [0.25, 0.3) is 0 Å². The molecule has 1 aromatic carbocycles. The van der Waals surface area contributed by atoms with Gasteiger partial charge in [0.1, 0.15) is 22.2 Å². The molecule has 1 atom stereocenters. The third kappa shape index (κ3) is 2.80. The maximum atomic E-state index is 13.3. The van der Waals surface area contributed by atoms with Gasteiger partial charge in [0.25, 0.3) is 0 Å². The van der Waals surface area contributed by atoms with E-state index in [0.29, 0.717) is 17.9 Å². The first-order valence-corrected chi connectivity index (χ1v) is 8.73. The van der Waals surface area contributed by atoms with Crippen molar-refractivity contribution in [1.82, 2.24) is 4.72 Å². The van der Waals surface area contributed by atoms with Crippen LogP contribution >= 0.6 is 0 Å². The van der Waals surface area contributed by atoms with Gasteiger partial charge in [0, 0.05) is 6.04 Å². The first-order chi connectivity index (χ1) is 10.4. The lowest BCUT2D eigenvalue weighted by Gasteiger charge is -2.26. The second kappa shape index (κ2) is 5.52. The minimum atomic E-state index is -3.66. The molecule has 1 aromatic heterocycles. The molecule has 118 valence electrons. The lowest BCUT2D eigenvalue weighted by molar-refractivity contribution is 0.488. The van der Waals surface area contributed by atoms with Crippen LogP contribution in [-0.4, -0.2) is 8.42 Å². The second-order valence-electron chi connectivity index (χ2n) is 5.69. The van der Waals surface area contributed by atoms with Gasteiger partial charge in [-0.1, -0.05) is 6.07 Å². The highest BCUT2D eigenvalue weighted by Gasteiger charge is 2.28. The van der Waals surface area contributed by atoms with Gasteiger partial charge in [-0.2, -0.15) is 0 Å². The molecule has 0 saturated carbocycles. The summed E-state index contributed by atoms with van der Waals surface area (Å²) in [6.45, 7) is 3.34. The first-order valence-electron chi connectivity index (χ1n) is 7.24. The first kappa shape index (κ1) is 15.2. The Hall–Kier alpha value is -1.66. The molecule has 0 amide bonds. The van der Waals surface area contributed by atoms with E-state index in [1.54, 1.807) is 19.9 Å². The molecule has 6 heteroatoms. The van der Waals surface area contributed by atoms with Crippen molar-refractivity contribution < 1.29 is 17.2 Å². The Morgan fingerprint density at radius 2 is 2.05 bits per heavy atom. The highest BCUT2D eigenvalue weighted by Crippen LogP contribution is 2.32. The Kier molecular flexibility index (Phi) is 3.82. The van der Waals surface area contributed by atoms with Crippen molar-refractivity contribution in [2.75, 3.05) is 0 Å². The summed E-state index contributed by atoms with van der Waals surface area (Å²) < 4.78 is 46.5. The van der Waals surface area contributed by atoms with Crippen molar-refractivity contribution in [3.63, 3.8) is 0 Å². The highest BCUT2D eigenvalue weighted by molar-refractivity contribution is 7.89. The zero-order valence-electron chi connectivity index (χ0n) is 12.5. The van der Waals surface area contributed by atoms with Crippen LogP contribution in [0.1, 0.15) is 41.5 Å². The standard InChI is InChI=1S/C16H18FNO3S/c1-10-8-16(11(2)21-10)22(19,20)18-15-5-3-4-12-9-13(17)6-7-14(12)15/h6-9,15,18H,3-5H2,1-2H3. The minimum absolute atomic E-state index is 0.166. The number of rotatable bonds is 3. The fourth-order valence-corrected chi connectivity index (χ4v) is 4.52. The minimum Gasteiger partial charge on any atom is -0.465 e. The van der Waals surface area contributed by atoms with Crippen LogP contribution in [0.4, 0.5) is 4.39 Å². The van der Waals surface area contributed by atoms with Crippen LogP contribution in [0.2, 0.25) is 0 Å². The summed E-state index contributed by atoms with van der Waals surface area (Å²) in [5.41, 5.74) is 1.73. The van der Waals surface area contributed by atoms with Crippen LogP contribution < -0.4 is 4.72 Å². The van der Waals surface area contributed by atoms with Crippen LogP contribution in [0, 0.1) is 19.7 Å². The number of hydrogen-bond acceptors (Lipinski definition) is 3. The fraction of sp³-hybridized carbons (Fsp3) is 0.375. The number of sulfonamides is 1. The number of furan rings is 1. The molecule has 4 nitrogen and oxygen atoms in total. The fourth-order valence-electron chi connectivity index (χ4n) is 3.03. The summed E-state index contributed by atoms with van der Waals surface area (Å²) in [6, 6.07) is 5.72. The second-order valence-corrected chi connectivity index (χ2v) is 7.37. The monoisotopic (exact) mass is 323 g/mol. The predicted octanol–water partition coefficient (Wildman–Crippen LogP) is 3.39. The Morgan fingerprint density at radius 3 is 2.73 bits per heavy atom. The smallest absolute Gasteiger partial charge is 0.244 e. The Bertz CT molecular complexity index is 811. The van der Waals surface area contributed by atoms with Gasteiger partial charge in [-0.15, -0.1) is 0 Å². The largest absolute Gasteiger partial charge is 0.465 e. The topological polar surface area (TPSA) is 59.3 Å².